The van der Waals surface area contributed by atoms with Gasteiger partial charge in [0.05, 0.1) is 6.61 Å². The summed E-state index contributed by atoms with van der Waals surface area (Å²) in [6.07, 6.45) is -2.44. The normalized spacial score (nSPS) is 16.9. The van der Waals surface area contributed by atoms with E-state index in [2.05, 4.69) is 5.43 Å². The molecule has 1 unspecified atom stereocenters. The summed E-state index contributed by atoms with van der Waals surface area (Å²) in [6, 6.07) is 6.01. The smallest absolute Gasteiger partial charge is 0.405 e. The molecule has 1 heterocycles. The fourth-order valence-electron chi connectivity index (χ4n) is 2.85. The molecule has 134 valence electrons. The summed E-state index contributed by atoms with van der Waals surface area (Å²) >= 11 is 0. The minimum Gasteiger partial charge on any atom is -0.494 e. The number of unbranched alkanes of at least 4 members (excludes halogenated alkanes) is 1. The van der Waals surface area contributed by atoms with Gasteiger partial charge in [0.25, 0.3) is 0 Å². The lowest BCUT2D eigenvalue weighted by molar-refractivity contribution is -0.190. The topological polar surface area (TPSA) is 41.6 Å². The summed E-state index contributed by atoms with van der Waals surface area (Å²) in [4.78, 5) is 11.2. The first-order valence-corrected chi connectivity index (χ1v) is 8.24. The van der Waals surface area contributed by atoms with E-state index >= 15 is 0 Å². The highest BCUT2D eigenvalue weighted by Gasteiger charge is 2.45. The van der Waals surface area contributed by atoms with E-state index in [4.69, 9.17) is 4.74 Å². The Morgan fingerprint density at radius 1 is 1.33 bits per heavy atom. The Balaban J connectivity index is 1.82. The quantitative estimate of drug-likeness (QED) is 0.734. The van der Waals surface area contributed by atoms with E-state index in [1.165, 1.54) is 0 Å². The average Bonchev–Trinajstić information content (AvgIpc) is 2.92. The number of hydrazine groups is 1. The van der Waals surface area contributed by atoms with Crippen LogP contribution in [0.4, 0.5) is 13.2 Å². The van der Waals surface area contributed by atoms with Gasteiger partial charge in [0.1, 0.15) is 11.8 Å². The standard InChI is InChI=1S/C17H23F3N2O2/c1-2-24-14-8-5-7-13(12-14)6-3-4-9-15(17(18,19)20)22-11-10-16(23)21-22/h5,7-8,12,15H,2-4,6,9-11H2,1H3,(H,21,23). The molecular formula is C17H23F3N2O2. The van der Waals surface area contributed by atoms with E-state index < -0.39 is 12.2 Å². The highest BCUT2D eigenvalue weighted by Crippen LogP contribution is 2.29. The van der Waals surface area contributed by atoms with Crippen molar-refractivity contribution in [2.75, 3.05) is 13.2 Å². The van der Waals surface area contributed by atoms with E-state index in [-0.39, 0.29) is 25.3 Å². The molecule has 24 heavy (non-hydrogen) atoms. The summed E-state index contributed by atoms with van der Waals surface area (Å²) in [5, 5.41) is 1.03. The Morgan fingerprint density at radius 2 is 2.12 bits per heavy atom. The van der Waals surface area contributed by atoms with Crippen molar-refractivity contribution in [3.05, 3.63) is 29.8 Å². The van der Waals surface area contributed by atoms with Crippen molar-refractivity contribution >= 4 is 5.91 Å². The van der Waals surface area contributed by atoms with Crippen LogP contribution >= 0.6 is 0 Å². The number of rotatable bonds is 8. The SMILES string of the molecule is CCOc1cccc(CCCCC(N2CCC(=O)N2)C(F)(F)F)c1. The van der Waals surface area contributed by atoms with Crippen molar-refractivity contribution in [1.82, 2.24) is 10.4 Å². The molecule has 2 rings (SSSR count). The molecule has 1 amide bonds. The molecule has 0 radical (unpaired) electrons. The molecule has 1 fully saturated rings. The number of aryl methyl sites for hydroxylation is 1. The van der Waals surface area contributed by atoms with Gasteiger partial charge >= 0.3 is 6.18 Å². The van der Waals surface area contributed by atoms with Crippen molar-refractivity contribution in [2.24, 2.45) is 0 Å². The number of ether oxygens (including phenoxy) is 1. The van der Waals surface area contributed by atoms with Crippen LogP contribution in [0.25, 0.3) is 0 Å². The first-order chi connectivity index (χ1) is 11.4. The highest BCUT2D eigenvalue weighted by atomic mass is 19.4. The first kappa shape index (κ1) is 18.6. The second-order valence-electron chi connectivity index (χ2n) is 5.86. The monoisotopic (exact) mass is 344 g/mol. The number of nitrogens with one attached hydrogen (secondary N) is 1. The van der Waals surface area contributed by atoms with Gasteiger partial charge in [-0.15, -0.1) is 0 Å². The molecule has 4 nitrogen and oxygen atoms in total. The van der Waals surface area contributed by atoms with Gasteiger partial charge in [0.2, 0.25) is 5.91 Å². The molecule has 1 saturated heterocycles. The summed E-state index contributed by atoms with van der Waals surface area (Å²) in [5.41, 5.74) is 3.35. The number of hydrogen-bond acceptors (Lipinski definition) is 3. The Bertz CT molecular complexity index is 549. The van der Waals surface area contributed by atoms with Gasteiger partial charge in [-0.1, -0.05) is 18.6 Å². The Morgan fingerprint density at radius 3 is 2.75 bits per heavy atom. The van der Waals surface area contributed by atoms with Crippen LogP contribution in [-0.4, -0.2) is 36.3 Å². The van der Waals surface area contributed by atoms with Crippen LogP contribution in [0.1, 0.15) is 38.2 Å². The van der Waals surface area contributed by atoms with Crippen molar-refractivity contribution in [3.63, 3.8) is 0 Å². The van der Waals surface area contributed by atoms with Gasteiger partial charge < -0.3 is 4.74 Å². The zero-order valence-electron chi connectivity index (χ0n) is 13.7. The fraction of sp³-hybridized carbons (Fsp3) is 0.588. The van der Waals surface area contributed by atoms with Crippen LogP contribution in [-0.2, 0) is 11.2 Å². The Hall–Kier alpha value is -1.76. The lowest BCUT2D eigenvalue weighted by Gasteiger charge is -2.28. The largest absolute Gasteiger partial charge is 0.494 e. The number of carbonyl (C=O) groups is 1. The molecule has 1 aliphatic rings. The van der Waals surface area contributed by atoms with E-state index in [1.807, 2.05) is 31.2 Å². The third kappa shape index (κ3) is 5.40. The van der Waals surface area contributed by atoms with Crippen molar-refractivity contribution < 1.29 is 22.7 Å². The number of carbonyl (C=O) groups excluding carboxylic acids is 1. The van der Waals surface area contributed by atoms with Crippen LogP contribution in [0.5, 0.6) is 5.75 Å². The second kappa shape index (κ2) is 8.37. The fourth-order valence-corrected chi connectivity index (χ4v) is 2.85. The summed E-state index contributed by atoms with van der Waals surface area (Å²) in [6.45, 7) is 2.60. The maximum absolute atomic E-state index is 13.2. The number of nitrogens with zero attached hydrogens (tertiary/aromatic N) is 1. The van der Waals surface area contributed by atoms with Crippen LogP contribution < -0.4 is 10.2 Å². The molecular weight excluding hydrogens is 321 g/mol. The maximum Gasteiger partial charge on any atom is 0.405 e. The molecule has 0 aliphatic carbocycles. The average molecular weight is 344 g/mol. The number of benzene rings is 1. The van der Waals surface area contributed by atoms with Gasteiger partial charge in [-0.2, -0.15) is 13.2 Å². The molecule has 1 atom stereocenters. The minimum atomic E-state index is -4.34. The molecule has 1 aliphatic heterocycles. The lowest BCUT2D eigenvalue weighted by Crippen LogP contribution is -2.49. The highest BCUT2D eigenvalue weighted by molar-refractivity contribution is 5.77. The van der Waals surface area contributed by atoms with Gasteiger partial charge in [-0.25, -0.2) is 5.01 Å². The molecule has 0 spiro atoms. The molecule has 1 N–H and O–H groups in total. The number of amides is 1. The lowest BCUT2D eigenvalue weighted by atomic mass is 10.0. The molecule has 7 heteroatoms. The Kier molecular flexibility index (Phi) is 6.48. The van der Waals surface area contributed by atoms with Crippen molar-refractivity contribution in [2.45, 2.75) is 51.2 Å². The molecule has 0 bridgehead atoms. The third-order valence-electron chi connectivity index (χ3n) is 4.00. The molecule has 0 saturated carbocycles. The van der Waals surface area contributed by atoms with Gasteiger partial charge in [0.15, 0.2) is 0 Å². The van der Waals surface area contributed by atoms with Crippen LogP contribution in [0, 0.1) is 0 Å². The van der Waals surface area contributed by atoms with Crippen LogP contribution in [0.2, 0.25) is 0 Å². The van der Waals surface area contributed by atoms with Gasteiger partial charge in [0, 0.05) is 13.0 Å². The summed E-state index contributed by atoms with van der Waals surface area (Å²) < 4.78 is 45.0. The van der Waals surface area contributed by atoms with Gasteiger partial charge in [-0.05, 0) is 43.9 Å². The molecule has 0 aromatic heterocycles. The van der Waals surface area contributed by atoms with Crippen molar-refractivity contribution in [1.29, 1.82) is 0 Å². The minimum absolute atomic E-state index is 0.0189. The Labute approximate surface area is 139 Å². The number of alkyl halides is 3. The maximum atomic E-state index is 13.2. The summed E-state index contributed by atoms with van der Waals surface area (Å²) in [5.74, 6) is 0.430. The van der Waals surface area contributed by atoms with E-state index in [9.17, 15) is 18.0 Å². The van der Waals surface area contributed by atoms with Crippen LogP contribution in [0.3, 0.4) is 0 Å². The zero-order valence-corrected chi connectivity index (χ0v) is 13.7. The van der Waals surface area contributed by atoms with Gasteiger partial charge in [-0.3, -0.25) is 10.2 Å². The van der Waals surface area contributed by atoms with E-state index in [0.717, 1.165) is 16.3 Å². The molecule has 1 aromatic carbocycles. The zero-order chi connectivity index (χ0) is 17.6. The predicted octanol–water partition coefficient (Wildman–Crippen LogP) is 3.47. The van der Waals surface area contributed by atoms with Crippen molar-refractivity contribution in [3.8, 4) is 5.75 Å². The third-order valence-corrected chi connectivity index (χ3v) is 4.00. The van der Waals surface area contributed by atoms with E-state index in [1.54, 1.807) is 0 Å². The van der Waals surface area contributed by atoms with Crippen LogP contribution in [0.15, 0.2) is 24.3 Å². The summed E-state index contributed by atoms with van der Waals surface area (Å²) in [7, 11) is 0. The predicted molar refractivity (Wildman–Crippen MR) is 84.5 cm³/mol. The second-order valence-corrected chi connectivity index (χ2v) is 5.86. The molecule has 1 aromatic rings. The van der Waals surface area contributed by atoms with E-state index in [0.29, 0.717) is 25.9 Å². The number of halogens is 3. The first-order valence-electron chi connectivity index (χ1n) is 8.24. The number of hydrogen-bond donors (Lipinski definition) is 1.